The summed E-state index contributed by atoms with van der Waals surface area (Å²) in [5.74, 6) is -1.29. The molecule has 0 atom stereocenters. The number of rotatable bonds is 3. The number of esters is 1. The van der Waals surface area contributed by atoms with Crippen LogP contribution in [0.25, 0.3) is 0 Å². The Kier molecular flexibility index (Phi) is 4.13. The van der Waals surface area contributed by atoms with Gasteiger partial charge in [0.25, 0.3) is 0 Å². The van der Waals surface area contributed by atoms with Crippen molar-refractivity contribution in [3.63, 3.8) is 0 Å². The molecule has 1 aromatic carbocycles. The zero-order chi connectivity index (χ0) is 10.4. The van der Waals surface area contributed by atoms with E-state index >= 15 is 0 Å². The zero-order valence-corrected chi connectivity index (χ0v) is 8.00. The van der Waals surface area contributed by atoms with E-state index in [1.54, 1.807) is 6.07 Å². The molecule has 2 nitrogen and oxygen atoms in total. The third-order valence-electron chi connectivity index (χ3n) is 1.49. The Bertz CT molecular complexity index is 350. The maximum absolute atomic E-state index is 13.0. The number of carbonyl (C=O) groups is 1. The molecular formula is C10H8ClFO2. The molecule has 0 N–H and O–H groups in total. The second kappa shape index (κ2) is 5.40. The Labute approximate surface area is 85.9 Å². The monoisotopic (exact) mass is 214 g/mol. The number of halogens is 2. The van der Waals surface area contributed by atoms with Crippen molar-refractivity contribution < 1.29 is 13.9 Å². The van der Waals surface area contributed by atoms with Crippen molar-refractivity contribution in [2.75, 3.05) is 6.61 Å². The van der Waals surface area contributed by atoms with Crippen molar-refractivity contribution in [1.29, 1.82) is 0 Å². The Morgan fingerprint density at radius 2 is 2.21 bits per heavy atom. The normalized spacial score (nSPS) is 10.4. The van der Waals surface area contributed by atoms with Crippen LogP contribution in [-0.2, 0) is 4.74 Å². The molecular weight excluding hydrogens is 207 g/mol. The molecule has 0 radical (unpaired) electrons. The van der Waals surface area contributed by atoms with Crippen LogP contribution in [0.5, 0.6) is 0 Å². The van der Waals surface area contributed by atoms with E-state index in [-0.39, 0.29) is 12.2 Å². The lowest BCUT2D eigenvalue weighted by Crippen LogP contribution is -2.07. The fourth-order valence-electron chi connectivity index (χ4n) is 0.865. The quantitative estimate of drug-likeness (QED) is 0.724. The van der Waals surface area contributed by atoms with Crippen LogP contribution in [-0.4, -0.2) is 12.6 Å². The molecule has 1 rings (SSSR count). The maximum Gasteiger partial charge on any atom is 0.341 e. The van der Waals surface area contributed by atoms with Gasteiger partial charge in [-0.2, -0.15) is 0 Å². The summed E-state index contributed by atoms with van der Waals surface area (Å²) in [5, 5.41) is 0. The third kappa shape index (κ3) is 2.85. The fraction of sp³-hybridized carbons (Fsp3) is 0.100. The van der Waals surface area contributed by atoms with Crippen LogP contribution in [0.15, 0.2) is 35.9 Å². The van der Waals surface area contributed by atoms with Gasteiger partial charge in [0.05, 0.1) is 5.56 Å². The third-order valence-corrected chi connectivity index (χ3v) is 1.67. The molecule has 0 saturated heterocycles. The van der Waals surface area contributed by atoms with E-state index in [2.05, 4.69) is 0 Å². The summed E-state index contributed by atoms with van der Waals surface area (Å²) >= 11 is 5.22. The Balaban J connectivity index is 2.65. The molecule has 0 heterocycles. The largest absolute Gasteiger partial charge is 0.458 e. The van der Waals surface area contributed by atoms with Gasteiger partial charge < -0.3 is 4.74 Å². The Morgan fingerprint density at radius 1 is 1.50 bits per heavy atom. The van der Waals surface area contributed by atoms with Gasteiger partial charge in [-0.05, 0) is 18.2 Å². The number of hydrogen-bond donors (Lipinski definition) is 0. The van der Waals surface area contributed by atoms with E-state index < -0.39 is 11.8 Å². The van der Waals surface area contributed by atoms with Crippen LogP contribution in [0, 0.1) is 5.82 Å². The van der Waals surface area contributed by atoms with E-state index in [1.165, 1.54) is 29.8 Å². The average molecular weight is 215 g/mol. The van der Waals surface area contributed by atoms with Crippen molar-refractivity contribution in [1.82, 2.24) is 0 Å². The van der Waals surface area contributed by atoms with Crippen LogP contribution in [0.3, 0.4) is 0 Å². The Hall–Kier alpha value is -1.35. The fourth-order valence-corrected chi connectivity index (χ4v) is 0.937. The first-order valence-corrected chi connectivity index (χ1v) is 4.36. The van der Waals surface area contributed by atoms with Crippen LogP contribution < -0.4 is 0 Å². The molecule has 0 aliphatic rings. The minimum Gasteiger partial charge on any atom is -0.458 e. The number of carbonyl (C=O) groups excluding carboxylic acids is 1. The molecule has 0 saturated carbocycles. The van der Waals surface area contributed by atoms with Crippen LogP contribution in [0.4, 0.5) is 4.39 Å². The molecule has 0 fully saturated rings. The molecule has 4 heteroatoms. The summed E-state index contributed by atoms with van der Waals surface area (Å²) in [5.41, 5.74) is 1.16. The first-order valence-electron chi connectivity index (χ1n) is 3.92. The van der Waals surface area contributed by atoms with Crippen molar-refractivity contribution in [2.45, 2.75) is 0 Å². The second-order valence-electron chi connectivity index (χ2n) is 2.44. The molecule has 0 aliphatic carbocycles. The number of ether oxygens (including phenoxy) is 1. The van der Waals surface area contributed by atoms with E-state index in [1.807, 2.05) is 0 Å². The maximum atomic E-state index is 13.0. The van der Waals surface area contributed by atoms with Crippen LogP contribution in [0.2, 0.25) is 0 Å². The summed E-state index contributed by atoms with van der Waals surface area (Å²) in [7, 11) is 0. The van der Waals surface area contributed by atoms with Crippen LogP contribution >= 0.6 is 11.6 Å². The molecule has 74 valence electrons. The smallest absolute Gasteiger partial charge is 0.341 e. The number of benzene rings is 1. The number of hydrogen-bond acceptors (Lipinski definition) is 2. The highest BCUT2D eigenvalue weighted by Crippen LogP contribution is 2.07. The summed E-state index contributed by atoms with van der Waals surface area (Å²) in [6.07, 6.45) is 1.44. The van der Waals surface area contributed by atoms with Gasteiger partial charge in [0.1, 0.15) is 12.4 Å². The molecule has 1 aromatic rings. The van der Waals surface area contributed by atoms with Crippen molar-refractivity contribution in [3.05, 3.63) is 47.3 Å². The van der Waals surface area contributed by atoms with E-state index in [0.29, 0.717) is 0 Å². The van der Waals surface area contributed by atoms with E-state index in [9.17, 15) is 9.18 Å². The first-order chi connectivity index (χ1) is 6.75. The van der Waals surface area contributed by atoms with Gasteiger partial charge in [-0.1, -0.05) is 23.7 Å². The highest BCUT2D eigenvalue weighted by Gasteiger charge is 2.10. The highest BCUT2D eigenvalue weighted by molar-refractivity contribution is 6.25. The zero-order valence-electron chi connectivity index (χ0n) is 7.24. The van der Waals surface area contributed by atoms with Gasteiger partial charge in [-0.15, -0.1) is 0 Å². The molecule has 14 heavy (non-hydrogen) atoms. The van der Waals surface area contributed by atoms with Gasteiger partial charge in [0.2, 0.25) is 0 Å². The summed E-state index contributed by atoms with van der Waals surface area (Å²) in [6.45, 7) is 0.0384. The van der Waals surface area contributed by atoms with Gasteiger partial charge >= 0.3 is 5.97 Å². The minimum absolute atomic E-state index is 0.0384. The van der Waals surface area contributed by atoms with Gasteiger partial charge in [0.15, 0.2) is 0 Å². The van der Waals surface area contributed by atoms with Crippen molar-refractivity contribution in [3.8, 4) is 0 Å². The van der Waals surface area contributed by atoms with E-state index in [4.69, 9.17) is 16.3 Å². The van der Waals surface area contributed by atoms with Crippen molar-refractivity contribution in [2.24, 2.45) is 0 Å². The molecule has 0 aliphatic heterocycles. The Morgan fingerprint density at radius 3 is 2.86 bits per heavy atom. The average Bonchev–Trinajstić information content (AvgIpc) is 2.18. The topological polar surface area (TPSA) is 26.3 Å². The molecule has 0 amide bonds. The summed E-state index contributed by atoms with van der Waals surface area (Å²) in [6, 6.07) is 5.64. The standard InChI is InChI=1S/C10H8ClFO2/c11-6-3-7-14-10(13)8-4-1-2-5-9(8)12/h1-6H,7H2/b6-3+. The van der Waals surface area contributed by atoms with Crippen molar-refractivity contribution >= 4 is 17.6 Å². The van der Waals surface area contributed by atoms with Gasteiger partial charge in [0, 0.05) is 5.54 Å². The summed E-state index contributed by atoms with van der Waals surface area (Å²) < 4.78 is 17.7. The SMILES string of the molecule is O=C(OC/C=C/Cl)c1ccccc1F. The van der Waals surface area contributed by atoms with Gasteiger partial charge in [-0.25, -0.2) is 9.18 Å². The lowest BCUT2D eigenvalue weighted by Gasteiger charge is -2.01. The lowest BCUT2D eigenvalue weighted by molar-refractivity contribution is 0.0544. The first kappa shape index (κ1) is 10.7. The molecule has 0 spiro atoms. The molecule has 0 bridgehead atoms. The molecule has 0 unspecified atom stereocenters. The van der Waals surface area contributed by atoms with E-state index in [0.717, 1.165) is 0 Å². The van der Waals surface area contributed by atoms with Gasteiger partial charge in [-0.3, -0.25) is 0 Å². The predicted octanol–water partition coefficient (Wildman–Crippen LogP) is 2.74. The predicted molar refractivity (Wildman–Crippen MR) is 51.7 cm³/mol. The van der Waals surface area contributed by atoms with Crippen LogP contribution in [0.1, 0.15) is 10.4 Å². The lowest BCUT2D eigenvalue weighted by atomic mass is 10.2. The summed E-state index contributed by atoms with van der Waals surface area (Å²) in [4.78, 5) is 11.2. The highest BCUT2D eigenvalue weighted by atomic mass is 35.5. The molecule has 0 aromatic heterocycles. The minimum atomic E-state index is -0.696. The second-order valence-corrected chi connectivity index (χ2v) is 2.69.